The van der Waals surface area contributed by atoms with Crippen molar-refractivity contribution in [2.75, 3.05) is 5.32 Å². The summed E-state index contributed by atoms with van der Waals surface area (Å²) in [5.74, 6) is -0.824. The fraction of sp³-hybridized carbons (Fsp3) is 0.167. The van der Waals surface area contributed by atoms with Gasteiger partial charge in [0, 0.05) is 7.05 Å². The van der Waals surface area contributed by atoms with Crippen LogP contribution in [0.2, 0.25) is 0 Å². The van der Waals surface area contributed by atoms with Crippen LogP contribution in [0.15, 0.2) is 24.4 Å². The summed E-state index contributed by atoms with van der Waals surface area (Å²) in [7, 11) is 1.67. The Morgan fingerprint density at radius 3 is 2.83 bits per heavy atom. The molecule has 0 aliphatic heterocycles. The van der Waals surface area contributed by atoms with E-state index in [0.717, 1.165) is 9.13 Å². The van der Waals surface area contributed by atoms with E-state index in [-0.39, 0.29) is 11.6 Å². The van der Waals surface area contributed by atoms with E-state index < -0.39 is 5.82 Å². The van der Waals surface area contributed by atoms with E-state index in [2.05, 4.69) is 10.4 Å². The number of aromatic nitrogens is 2. The predicted octanol–water partition coefficient (Wildman–Crippen LogP) is 2.72. The first kappa shape index (κ1) is 13.0. The Morgan fingerprint density at radius 1 is 1.50 bits per heavy atom. The minimum atomic E-state index is -0.453. The van der Waals surface area contributed by atoms with Gasteiger partial charge < -0.3 is 5.32 Å². The smallest absolute Gasteiger partial charge is 0.275 e. The van der Waals surface area contributed by atoms with Crippen molar-refractivity contribution in [2.45, 2.75) is 6.92 Å². The van der Waals surface area contributed by atoms with Crippen LogP contribution in [0.4, 0.5) is 10.1 Å². The molecule has 0 bridgehead atoms. The zero-order valence-corrected chi connectivity index (χ0v) is 12.0. The fourth-order valence-corrected chi connectivity index (χ4v) is 2.30. The summed E-state index contributed by atoms with van der Waals surface area (Å²) in [6, 6.07) is 4.58. The number of anilines is 1. The quantitative estimate of drug-likeness (QED) is 0.839. The van der Waals surface area contributed by atoms with Gasteiger partial charge in [-0.1, -0.05) is 6.07 Å². The summed E-state index contributed by atoms with van der Waals surface area (Å²) < 4.78 is 15.7. The molecule has 1 amide bonds. The molecular weight excluding hydrogens is 348 g/mol. The molecule has 0 atom stereocenters. The zero-order chi connectivity index (χ0) is 13.3. The molecule has 6 heteroatoms. The van der Waals surface area contributed by atoms with Crippen LogP contribution in [-0.2, 0) is 7.05 Å². The fourth-order valence-electron chi connectivity index (χ4n) is 1.58. The minimum absolute atomic E-state index is 0.178. The lowest BCUT2D eigenvalue weighted by molar-refractivity contribution is 0.101. The molecule has 0 radical (unpaired) electrons. The lowest BCUT2D eigenvalue weighted by Gasteiger charge is -2.08. The summed E-state index contributed by atoms with van der Waals surface area (Å²) in [6.07, 6.45) is 1.59. The molecule has 2 aromatic rings. The SMILES string of the molecule is Cc1ccc(F)c(NC(=O)c2c(I)cnn2C)c1. The highest BCUT2D eigenvalue weighted by Crippen LogP contribution is 2.18. The highest BCUT2D eigenvalue weighted by Gasteiger charge is 2.16. The largest absolute Gasteiger partial charge is 0.318 e. The number of aryl methyl sites for hydroxylation is 2. The molecule has 1 N–H and O–H groups in total. The van der Waals surface area contributed by atoms with Crippen LogP contribution in [0.5, 0.6) is 0 Å². The van der Waals surface area contributed by atoms with E-state index in [0.29, 0.717) is 5.69 Å². The van der Waals surface area contributed by atoms with Gasteiger partial charge in [-0.25, -0.2) is 4.39 Å². The van der Waals surface area contributed by atoms with Crippen molar-refractivity contribution in [3.05, 3.63) is 45.0 Å². The van der Waals surface area contributed by atoms with E-state index in [4.69, 9.17) is 0 Å². The van der Waals surface area contributed by atoms with Gasteiger partial charge in [0.15, 0.2) is 0 Å². The van der Waals surface area contributed by atoms with Crippen molar-refractivity contribution in [3.8, 4) is 0 Å². The van der Waals surface area contributed by atoms with Gasteiger partial charge in [0.2, 0.25) is 0 Å². The molecule has 0 unspecified atom stereocenters. The maximum Gasteiger partial charge on any atom is 0.275 e. The van der Waals surface area contributed by atoms with Crippen molar-refractivity contribution in [1.29, 1.82) is 0 Å². The highest BCUT2D eigenvalue weighted by molar-refractivity contribution is 14.1. The molecule has 94 valence electrons. The number of carbonyl (C=O) groups excluding carboxylic acids is 1. The number of amides is 1. The molecule has 0 saturated carbocycles. The first-order chi connectivity index (χ1) is 8.49. The van der Waals surface area contributed by atoms with Gasteiger partial charge >= 0.3 is 0 Å². The minimum Gasteiger partial charge on any atom is -0.318 e. The molecule has 0 aliphatic carbocycles. The van der Waals surface area contributed by atoms with E-state index in [1.54, 1.807) is 25.4 Å². The summed E-state index contributed by atoms with van der Waals surface area (Å²) in [5.41, 5.74) is 1.47. The van der Waals surface area contributed by atoms with Gasteiger partial charge in [0.05, 0.1) is 15.5 Å². The van der Waals surface area contributed by atoms with Crippen molar-refractivity contribution in [3.63, 3.8) is 0 Å². The number of hydrogen-bond donors (Lipinski definition) is 1. The first-order valence-corrected chi connectivity index (χ1v) is 6.32. The summed E-state index contributed by atoms with van der Waals surface area (Å²) in [5, 5.41) is 6.53. The van der Waals surface area contributed by atoms with Crippen LogP contribution in [-0.4, -0.2) is 15.7 Å². The predicted molar refractivity (Wildman–Crippen MR) is 75.0 cm³/mol. The van der Waals surface area contributed by atoms with E-state index in [9.17, 15) is 9.18 Å². The number of benzene rings is 1. The van der Waals surface area contributed by atoms with Crippen LogP contribution in [0.3, 0.4) is 0 Å². The summed E-state index contributed by atoms with van der Waals surface area (Å²) >= 11 is 2.02. The third kappa shape index (κ3) is 2.53. The lowest BCUT2D eigenvalue weighted by atomic mass is 10.2. The molecule has 0 spiro atoms. The van der Waals surface area contributed by atoms with Crippen LogP contribution in [0.25, 0.3) is 0 Å². The van der Waals surface area contributed by atoms with E-state index in [1.165, 1.54) is 10.7 Å². The summed E-state index contributed by atoms with van der Waals surface area (Å²) in [6.45, 7) is 1.84. The third-order valence-electron chi connectivity index (χ3n) is 2.48. The van der Waals surface area contributed by atoms with Crippen LogP contribution in [0.1, 0.15) is 16.1 Å². The average Bonchev–Trinajstić information content (AvgIpc) is 2.63. The van der Waals surface area contributed by atoms with Gasteiger partial charge in [0.25, 0.3) is 5.91 Å². The number of carbonyl (C=O) groups is 1. The Morgan fingerprint density at radius 2 is 2.22 bits per heavy atom. The van der Waals surface area contributed by atoms with Gasteiger partial charge in [0.1, 0.15) is 11.5 Å². The first-order valence-electron chi connectivity index (χ1n) is 5.24. The standard InChI is InChI=1S/C12H11FIN3O/c1-7-3-4-8(13)10(5-7)16-12(18)11-9(14)6-15-17(11)2/h3-6H,1-2H3,(H,16,18). The van der Waals surface area contributed by atoms with Gasteiger partial charge in [-0.2, -0.15) is 5.10 Å². The molecule has 0 saturated heterocycles. The van der Waals surface area contributed by atoms with Crippen LogP contribution >= 0.6 is 22.6 Å². The van der Waals surface area contributed by atoms with Crippen LogP contribution in [0, 0.1) is 16.3 Å². The second-order valence-corrected chi connectivity index (χ2v) is 5.06. The molecule has 18 heavy (non-hydrogen) atoms. The molecule has 1 heterocycles. The second-order valence-electron chi connectivity index (χ2n) is 3.90. The average molecular weight is 359 g/mol. The van der Waals surface area contributed by atoms with Crippen molar-refractivity contribution < 1.29 is 9.18 Å². The molecule has 1 aromatic carbocycles. The Balaban J connectivity index is 2.30. The molecule has 0 aliphatic rings. The normalized spacial score (nSPS) is 10.4. The summed E-state index contributed by atoms with van der Waals surface area (Å²) in [4.78, 5) is 12.0. The van der Waals surface area contributed by atoms with Gasteiger partial charge in [-0.05, 0) is 47.2 Å². The van der Waals surface area contributed by atoms with Crippen molar-refractivity contribution in [2.24, 2.45) is 7.05 Å². The number of hydrogen-bond acceptors (Lipinski definition) is 2. The number of rotatable bonds is 2. The maximum absolute atomic E-state index is 13.5. The molecule has 4 nitrogen and oxygen atoms in total. The Hall–Kier alpha value is -1.44. The molecule has 1 aromatic heterocycles. The Kier molecular flexibility index (Phi) is 3.65. The number of halogens is 2. The molecule has 2 rings (SSSR count). The monoisotopic (exact) mass is 359 g/mol. The van der Waals surface area contributed by atoms with Crippen molar-refractivity contribution >= 4 is 34.2 Å². The lowest BCUT2D eigenvalue weighted by Crippen LogP contribution is -2.18. The number of nitrogens with zero attached hydrogens (tertiary/aromatic N) is 2. The topological polar surface area (TPSA) is 46.9 Å². The third-order valence-corrected chi connectivity index (χ3v) is 3.27. The van der Waals surface area contributed by atoms with E-state index >= 15 is 0 Å². The van der Waals surface area contributed by atoms with Gasteiger partial charge in [-0.15, -0.1) is 0 Å². The number of nitrogens with one attached hydrogen (secondary N) is 1. The van der Waals surface area contributed by atoms with E-state index in [1.807, 2.05) is 29.5 Å². The Labute approximate surface area is 117 Å². The van der Waals surface area contributed by atoms with Gasteiger partial charge in [-0.3, -0.25) is 9.48 Å². The molecule has 0 fully saturated rings. The second kappa shape index (κ2) is 5.05. The maximum atomic E-state index is 13.5. The highest BCUT2D eigenvalue weighted by atomic mass is 127. The van der Waals surface area contributed by atoms with Crippen molar-refractivity contribution in [1.82, 2.24) is 9.78 Å². The van der Waals surface area contributed by atoms with Crippen LogP contribution < -0.4 is 5.32 Å². The zero-order valence-electron chi connectivity index (χ0n) is 9.87. The Bertz CT molecular complexity index is 590. The molecular formula is C12H11FIN3O.